The van der Waals surface area contributed by atoms with Crippen LogP contribution in [-0.4, -0.2) is 30.5 Å². The highest BCUT2D eigenvalue weighted by molar-refractivity contribution is 4.79. The van der Waals surface area contributed by atoms with Gasteiger partial charge < -0.3 is 4.90 Å². The van der Waals surface area contributed by atoms with Crippen LogP contribution < -0.4 is 0 Å². The monoisotopic (exact) mass is 219 g/mol. The van der Waals surface area contributed by atoms with Gasteiger partial charge in [-0.1, -0.05) is 6.92 Å². The van der Waals surface area contributed by atoms with Crippen LogP contribution in [0.1, 0.15) is 46.0 Å². The Hall–Kier alpha value is -0.180. The summed E-state index contributed by atoms with van der Waals surface area (Å²) in [4.78, 5) is 2.30. The van der Waals surface area contributed by atoms with Crippen LogP contribution in [0.15, 0.2) is 0 Å². The maximum Gasteiger partial charge on any atom is 0.248 e. The van der Waals surface area contributed by atoms with E-state index >= 15 is 0 Å². The van der Waals surface area contributed by atoms with Crippen molar-refractivity contribution in [1.29, 1.82) is 0 Å². The summed E-state index contributed by atoms with van der Waals surface area (Å²) in [5.41, 5.74) is 0. The summed E-state index contributed by atoms with van der Waals surface area (Å²) in [7, 11) is 2.10. The van der Waals surface area contributed by atoms with Gasteiger partial charge in [-0.2, -0.15) is 0 Å². The molecule has 0 N–H and O–H groups in total. The van der Waals surface area contributed by atoms with E-state index in [2.05, 4.69) is 25.8 Å². The third-order valence-electron chi connectivity index (χ3n) is 3.73. The largest absolute Gasteiger partial charge is 0.303 e. The molecule has 1 fully saturated rings. The molecule has 0 radical (unpaired) electrons. The van der Waals surface area contributed by atoms with E-state index in [0.717, 1.165) is 13.0 Å². The second-order valence-electron chi connectivity index (χ2n) is 5.00. The minimum Gasteiger partial charge on any atom is -0.303 e. The highest BCUT2D eigenvalue weighted by Gasteiger charge is 2.35. The summed E-state index contributed by atoms with van der Waals surface area (Å²) >= 11 is 0. The molecule has 0 aromatic carbocycles. The second kappa shape index (κ2) is 5.24. The van der Waals surface area contributed by atoms with Gasteiger partial charge in [0.05, 0.1) is 0 Å². The number of rotatable bonds is 4. The van der Waals surface area contributed by atoms with Gasteiger partial charge in [0.15, 0.2) is 0 Å². The lowest BCUT2D eigenvalue weighted by Crippen LogP contribution is -2.36. The average Bonchev–Trinajstić information content (AvgIpc) is 2.20. The molecule has 1 nitrogen and oxygen atoms in total. The van der Waals surface area contributed by atoms with Crippen molar-refractivity contribution in [2.75, 3.05) is 13.6 Å². The van der Waals surface area contributed by atoms with Crippen molar-refractivity contribution in [2.24, 2.45) is 5.92 Å². The van der Waals surface area contributed by atoms with Crippen LogP contribution >= 0.6 is 0 Å². The zero-order valence-electron chi connectivity index (χ0n) is 10.1. The number of hydrogen-bond donors (Lipinski definition) is 0. The van der Waals surface area contributed by atoms with Crippen molar-refractivity contribution in [3.05, 3.63) is 0 Å². The molecule has 0 aromatic heterocycles. The number of alkyl halides is 2. The first-order valence-corrected chi connectivity index (χ1v) is 6.02. The lowest BCUT2D eigenvalue weighted by atomic mass is 9.86. The quantitative estimate of drug-likeness (QED) is 0.699. The highest BCUT2D eigenvalue weighted by atomic mass is 19.3. The Labute approximate surface area is 91.8 Å². The Balaban J connectivity index is 2.29. The fourth-order valence-corrected chi connectivity index (χ4v) is 2.18. The molecule has 1 aliphatic rings. The van der Waals surface area contributed by atoms with Gasteiger partial charge in [-0.25, -0.2) is 8.78 Å². The number of nitrogens with zero attached hydrogens (tertiary/aromatic N) is 1. The maximum absolute atomic E-state index is 12.9. The molecular formula is C12H23F2N. The smallest absolute Gasteiger partial charge is 0.248 e. The molecule has 0 saturated heterocycles. The van der Waals surface area contributed by atoms with Gasteiger partial charge in [0.25, 0.3) is 0 Å². The minimum atomic E-state index is -2.38. The second-order valence-corrected chi connectivity index (χ2v) is 5.00. The molecule has 15 heavy (non-hydrogen) atoms. The minimum absolute atomic E-state index is 0.0893. The summed E-state index contributed by atoms with van der Waals surface area (Å²) < 4.78 is 25.9. The zero-order chi connectivity index (χ0) is 11.5. The van der Waals surface area contributed by atoms with Gasteiger partial charge in [0, 0.05) is 25.4 Å². The van der Waals surface area contributed by atoms with Gasteiger partial charge in [-0.05, 0) is 39.2 Å². The van der Waals surface area contributed by atoms with Crippen molar-refractivity contribution < 1.29 is 8.78 Å². The predicted octanol–water partition coefficient (Wildman–Crippen LogP) is 3.54. The fourth-order valence-electron chi connectivity index (χ4n) is 2.18. The van der Waals surface area contributed by atoms with E-state index in [-0.39, 0.29) is 12.8 Å². The molecule has 0 spiro atoms. The van der Waals surface area contributed by atoms with Crippen LogP contribution in [0.3, 0.4) is 0 Å². The Morgan fingerprint density at radius 2 is 1.87 bits per heavy atom. The van der Waals surface area contributed by atoms with E-state index in [9.17, 15) is 8.78 Å². The van der Waals surface area contributed by atoms with Gasteiger partial charge in [0.1, 0.15) is 0 Å². The summed E-state index contributed by atoms with van der Waals surface area (Å²) in [6.07, 6.45) is 2.68. The molecule has 0 amide bonds. The Morgan fingerprint density at radius 3 is 2.33 bits per heavy atom. The molecule has 1 atom stereocenters. The Kier molecular flexibility index (Phi) is 4.50. The van der Waals surface area contributed by atoms with Crippen LogP contribution in [0.25, 0.3) is 0 Å². The first-order valence-electron chi connectivity index (χ1n) is 6.02. The van der Waals surface area contributed by atoms with Crippen LogP contribution in [0, 0.1) is 5.92 Å². The van der Waals surface area contributed by atoms with E-state index in [1.54, 1.807) is 0 Å². The number of hydrogen-bond acceptors (Lipinski definition) is 1. The molecule has 3 heteroatoms. The topological polar surface area (TPSA) is 3.24 Å². The highest BCUT2D eigenvalue weighted by Crippen LogP contribution is 2.36. The van der Waals surface area contributed by atoms with Crippen LogP contribution in [-0.2, 0) is 0 Å². The Bertz CT molecular complexity index is 184. The Morgan fingerprint density at radius 1 is 1.33 bits per heavy atom. The van der Waals surface area contributed by atoms with E-state index < -0.39 is 5.92 Å². The van der Waals surface area contributed by atoms with Gasteiger partial charge in [-0.15, -0.1) is 0 Å². The van der Waals surface area contributed by atoms with E-state index in [1.807, 2.05) is 0 Å². The number of halogens is 2. The molecule has 1 unspecified atom stereocenters. The first kappa shape index (κ1) is 12.9. The van der Waals surface area contributed by atoms with Crippen molar-refractivity contribution in [3.63, 3.8) is 0 Å². The average molecular weight is 219 g/mol. The maximum atomic E-state index is 12.9. The summed E-state index contributed by atoms with van der Waals surface area (Å²) in [6.45, 7) is 5.33. The lowest BCUT2D eigenvalue weighted by Gasteiger charge is -2.33. The molecule has 1 saturated carbocycles. The SMILES string of the molecule is CCC(C)N(C)CC1CCC(F)(F)CC1. The summed E-state index contributed by atoms with van der Waals surface area (Å²) in [5, 5.41) is 0. The normalized spacial score (nSPS) is 24.4. The molecule has 0 bridgehead atoms. The van der Waals surface area contributed by atoms with Crippen molar-refractivity contribution in [1.82, 2.24) is 4.90 Å². The summed E-state index contributed by atoms with van der Waals surface area (Å²) in [6, 6.07) is 0.562. The van der Waals surface area contributed by atoms with Crippen molar-refractivity contribution >= 4 is 0 Å². The molecule has 0 heterocycles. The van der Waals surface area contributed by atoms with E-state index in [0.29, 0.717) is 24.8 Å². The molecule has 1 aliphatic carbocycles. The standard InChI is InChI=1S/C12H23F2N/c1-4-10(2)15(3)9-11-5-7-12(13,14)8-6-11/h10-11H,4-9H2,1-3H3. The van der Waals surface area contributed by atoms with Crippen LogP contribution in [0.2, 0.25) is 0 Å². The van der Waals surface area contributed by atoms with Crippen LogP contribution in [0.5, 0.6) is 0 Å². The van der Waals surface area contributed by atoms with Crippen molar-refractivity contribution in [3.8, 4) is 0 Å². The molecule has 0 aromatic rings. The van der Waals surface area contributed by atoms with Crippen molar-refractivity contribution in [2.45, 2.75) is 57.9 Å². The zero-order valence-corrected chi connectivity index (χ0v) is 10.1. The van der Waals surface area contributed by atoms with Gasteiger partial charge in [0.2, 0.25) is 5.92 Å². The van der Waals surface area contributed by atoms with Gasteiger partial charge in [-0.3, -0.25) is 0 Å². The summed E-state index contributed by atoms with van der Waals surface area (Å²) in [5.74, 6) is -1.91. The lowest BCUT2D eigenvalue weighted by molar-refractivity contribution is -0.0490. The third kappa shape index (κ3) is 4.06. The predicted molar refractivity (Wildman–Crippen MR) is 59.3 cm³/mol. The van der Waals surface area contributed by atoms with Crippen LogP contribution in [0.4, 0.5) is 8.78 Å². The van der Waals surface area contributed by atoms with Gasteiger partial charge >= 0.3 is 0 Å². The van der Waals surface area contributed by atoms with E-state index in [1.165, 1.54) is 0 Å². The molecular weight excluding hydrogens is 196 g/mol. The molecule has 0 aliphatic heterocycles. The fraction of sp³-hybridized carbons (Fsp3) is 1.00. The first-order chi connectivity index (χ1) is 6.94. The van der Waals surface area contributed by atoms with E-state index in [4.69, 9.17) is 0 Å². The molecule has 1 rings (SSSR count). The molecule has 90 valence electrons. The third-order valence-corrected chi connectivity index (χ3v) is 3.73.